The van der Waals surface area contributed by atoms with Crippen LogP contribution in [-0.4, -0.2) is 35.4 Å². The van der Waals surface area contributed by atoms with Crippen molar-refractivity contribution in [2.45, 2.75) is 25.3 Å². The van der Waals surface area contributed by atoms with Crippen molar-refractivity contribution in [2.75, 3.05) is 13.2 Å². The van der Waals surface area contributed by atoms with Crippen molar-refractivity contribution in [1.29, 1.82) is 0 Å². The molecule has 0 fully saturated rings. The lowest BCUT2D eigenvalue weighted by atomic mass is 9.78. The fourth-order valence-corrected chi connectivity index (χ4v) is 3.40. The number of aliphatic hydroxyl groups is 1. The van der Waals surface area contributed by atoms with E-state index in [9.17, 15) is 19.4 Å². The first kappa shape index (κ1) is 22.6. The standard InChI is InChI=1S/C20H22ClFN4O3/c21-15-5-6-18(22)17(10-15)14-3-1-13(2-4-14)9-16(23)11-20(12-27,19(28)29)7-8-25-26-24/h1-6,10,16,27H,7-9,11-12,23H2,(H,28,29)/t16-,20?/m1/s1. The van der Waals surface area contributed by atoms with Gasteiger partial charge in [0.05, 0.1) is 12.0 Å². The highest BCUT2D eigenvalue weighted by atomic mass is 35.5. The number of benzene rings is 2. The highest BCUT2D eigenvalue weighted by Gasteiger charge is 2.38. The third-order valence-corrected chi connectivity index (χ3v) is 5.09. The van der Waals surface area contributed by atoms with Gasteiger partial charge in [-0.25, -0.2) is 4.39 Å². The fourth-order valence-electron chi connectivity index (χ4n) is 3.23. The van der Waals surface area contributed by atoms with Gasteiger partial charge in [-0.1, -0.05) is 41.0 Å². The summed E-state index contributed by atoms with van der Waals surface area (Å²) in [7, 11) is 0. The van der Waals surface area contributed by atoms with E-state index < -0.39 is 24.0 Å². The Kier molecular flexibility index (Phi) is 7.99. The minimum atomic E-state index is -1.47. The number of carbonyl (C=O) groups is 1. The van der Waals surface area contributed by atoms with Crippen LogP contribution >= 0.6 is 11.6 Å². The van der Waals surface area contributed by atoms with E-state index in [0.717, 1.165) is 5.56 Å². The Morgan fingerprint density at radius 3 is 2.59 bits per heavy atom. The molecule has 2 atom stereocenters. The van der Waals surface area contributed by atoms with Gasteiger partial charge in [-0.3, -0.25) is 4.79 Å². The van der Waals surface area contributed by atoms with Gasteiger partial charge in [0.2, 0.25) is 0 Å². The number of carboxylic acid groups (broad SMARTS) is 1. The number of aliphatic hydroxyl groups excluding tert-OH is 1. The SMILES string of the molecule is [N-]=[N+]=NCCC(CO)(C[C@H](N)Cc1ccc(-c2cc(Cl)ccc2F)cc1)C(=O)O. The van der Waals surface area contributed by atoms with Crippen LogP contribution in [0.4, 0.5) is 4.39 Å². The molecule has 0 heterocycles. The van der Waals surface area contributed by atoms with E-state index >= 15 is 0 Å². The monoisotopic (exact) mass is 420 g/mol. The van der Waals surface area contributed by atoms with Crippen molar-refractivity contribution < 1.29 is 19.4 Å². The predicted octanol–water partition coefficient (Wildman–Crippen LogP) is 4.17. The van der Waals surface area contributed by atoms with Crippen LogP contribution in [0.3, 0.4) is 0 Å². The average Bonchev–Trinajstić information content (AvgIpc) is 2.69. The molecule has 0 saturated heterocycles. The summed E-state index contributed by atoms with van der Waals surface area (Å²) < 4.78 is 14.0. The number of nitrogens with two attached hydrogens (primary N) is 1. The quantitative estimate of drug-likeness (QED) is 0.302. The van der Waals surface area contributed by atoms with Crippen molar-refractivity contribution in [3.8, 4) is 11.1 Å². The number of hydrogen-bond acceptors (Lipinski definition) is 4. The largest absolute Gasteiger partial charge is 0.481 e. The summed E-state index contributed by atoms with van der Waals surface area (Å²) in [4.78, 5) is 14.3. The molecule has 2 aromatic rings. The molecule has 7 nitrogen and oxygen atoms in total. The van der Waals surface area contributed by atoms with Crippen LogP contribution in [0.5, 0.6) is 0 Å². The summed E-state index contributed by atoms with van der Waals surface area (Å²) in [6, 6.07) is 10.9. The molecule has 29 heavy (non-hydrogen) atoms. The Bertz CT molecular complexity index is 903. The maximum atomic E-state index is 14.0. The molecule has 0 spiro atoms. The Morgan fingerprint density at radius 2 is 2.00 bits per heavy atom. The third kappa shape index (κ3) is 5.92. The average molecular weight is 421 g/mol. The molecule has 4 N–H and O–H groups in total. The number of nitrogens with zero attached hydrogens (tertiary/aromatic N) is 3. The highest BCUT2D eigenvalue weighted by molar-refractivity contribution is 6.30. The van der Waals surface area contributed by atoms with Crippen LogP contribution in [0.2, 0.25) is 5.02 Å². The van der Waals surface area contributed by atoms with Gasteiger partial charge in [0.1, 0.15) is 5.82 Å². The maximum Gasteiger partial charge on any atom is 0.312 e. The fraction of sp³-hybridized carbons (Fsp3) is 0.350. The summed E-state index contributed by atoms with van der Waals surface area (Å²) in [6.07, 6.45) is 0.378. The molecular weight excluding hydrogens is 399 g/mol. The second-order valence-corrected chi connectivity index (χ2v) is 7.37. The smallest absolute Gasteiger partial charge is 0.312 e. The minimum absolute atomic E-state index is 0.0103. The first-order valence-electron chi connectivity index (χ1n) is 8.96. The summed E-state index contributed by atoms with van der Waals surface area (Å²) in [5.74, 6) is -1.57. The molecule has 0 aliphatic heterocycles. The van der Waals surface area contributed by atoms with Gasteiger partial charge in [-0.2, -0.15) is 0 Å². The molecule has 0 amide bonds. The van der Waals surface area contributed by atoms with E-state index in [1.54, 1.807) is 30.3 Å². The van der Waals surface area contributed by atoms with Gasteiger partial charge < -0.3 is 15.9 Å². The zero-order valence-electron chi connectivity index (χ0n) is 15.6. The van der Waals surface area contributed by atoms with E-state index in [4.69, 9.17) is 22.9 Å². The molecule has 2 rings (SSSR count). The van der Waals surface area contributed by atoms with Gasteiger partial charge in [-0.05, 0) is 54.1 Å². The number of hydrogen-bond donors (Lipinski definition) is 3. The highest BCUT2D eigenvalue weighted by Crippen LogP contribution is 2.30. The number of rotatable bonds is 10. The van der Waals surface area contributed by atoms with Crippen molar-refractivity contribution >= 4 is 17.6 Å². The zero-order valence-corrected chi connectivity index (χ0v) is 16.4. The second kappa shape index (κ2) is 10.2. The summed E-state index contributed by atoms with van der Waals surface area (Å²) in [5, 5.41) is 23.0. The molecule has 0 saturated carbocycles. The molecule has 0 bridgehead atoms. The van der Waals surface area contributed by atoms with E-state index in [1.807, 2.05) is 0 Å². The van der Waals surface area contributed by atoms with Gasteiger partial charge in [0.25, 0.3) is 0 Å². The molecule has 0 aliphatic rings. The first-order valence-corrected chi connectivity index (χ1v) is 9.34. The van der Waals surface area contributed by atoms with Crippen LogP contribution in [0, 0.1) is 11.2 Å². The van der Waals surface area contributed by atoms with Crippen LogP contribution in [-0.2, 0) is 11.2 Å². The normalized spacial score (nSPS) is 13.9. The third-order valence-electron chi connectivity index (χ3n) is 4.85. The minimum Gasteiger partial charge on any atom is -0.481 e. The van der Waals surface area contributed by atoms with Crippen LogP contribution in [0.25, 0.3) is 21.6 Å². The maximum absolute atomic E-state index is 14.0. The molecule has 0 radical (unpaired) electrons. The Morgan fingerprint density at radius 1 is 1.31 bits per heavy atom. The number of carboxylic acids is 1. The van der Waals surface area contributed by atoms with Gasteiger partial charge in [0.15, 0.2) is 0 Å². The lowest BCUT2D eigenvalue weighted by Crippen LogP contribution is -2.42. The summed E-state index contributed by atoms with van der Waals surface area (Å²) in [5.41, 5.74) is 14.9. The Labute approximate surface area is 172 Å². The van der Waals surface area contributed by atoms with Crippen LogP contribution in [0.1, 0.15) is 18.4 Å². The molecule has 1 unspecified atom stereocenters. The Balaban J connectivity index is 2.11. The summed E-state index contributed by atoms with van der Waals surface area (Å²) >= 11 is 5.94. The second-order valence-electron chi connectivity index (χ2n) is 6.94. The van der Waals surface area contributed by atoms with Crippen molar-refractivity contribution in [1.82, 2.24) is 0 Å². The van der Waals surface area contributed by atoms with Crippen molar-refractivity contribution in [2.24, 2.45) is 16.3 Å². The number of aliphatic carboxylic acids is 1. The van der Waals surface area contributed by atoms with Gasteiger partial charge in [0, 0.05) is 28.1 Å². The van der Waals surface area contributed by atoms with Gasteiger partial charge >= 0.3 is 5.97 Å². The van der Waals surface area contributed by atoms with E-state index in [1.165, 1.54) is 12.1 Å². The summed E-state index contributed by atoms with van der Waals surface area (Å²) in [6.45, 7) is -0.653. The lowest BCUT2D eigenvalue weighted by Gasteiger charge is -2.29. The molecule has 0 aromatic heterocycles. The predicted molar refractivity (Wildman–Crippen MR) is 109 cm³/mol. The molecule has 2 aromatic carbocycles. The number of azide groups is 1. The van der Waals surface area contributed by atoms with E-state index in [0.29, 0.717) is 22.6 Å². The van der Waals surface area contributed by atoms with E-state index in [-0.39, 0.29) is 25.2 Å². The van der Waals surface area contributed by atoms with Crippen LogP contribution < -0.4 is 5.73 Å². The van der Waals surface area contributed by atoms with Crippen LogP contribution in [0.15, 0.2) is 47.6 Å². The van der Waals surface area contributed by atoms with Crippen molar-refractivity contribution in [3.05, 3.63) is 69.3 Å². The van der Waals surface area contributed by atoms with E-state index in [2.05, 4.69) is 10.0 Å². The molecule has 0 aliphatic carbocycles. The van der Waals surface area contributed by atoms with Crippen molar-refractivity contribution in [3.63, 3.8) is 0 Å². The first-order chi connectivity index (χ1) is 13.8. The van der Waals surface area contributed by atoms with Gasteiger partial charge in [-0.15, -0.1) is 0 Å². The Hall–Kier alpha value is -2.64. The molecule has 9 heteroatoms. The molecule has 154 valence electrons. The zero-order chi connectivity index (χ0) is 21.4. The molecular formula is C20H22ClFN4O3. The lowest BCUT2D eigenvalue weighted by molar-refractivity contribution is -0.152. The topological polar surface area (TPSA) is 132 Å². The number of halogens is 2.